The van der Waals surface area contributed by atoms with E-state index in [-0.39, 0.29) is 6.61 Å². The van der Waals surface area contributed by atoms with Gasteiger partial charge in [-0.1, -0.05) is 12.1 Å². The zero-order valence-electron chi connectivity index (χ0n) is 18.0. The number of hydrogen-bond acceptors (Lipinski definition) is 10. The second kappa shape index (κ2) is 9.06. The van der Waals surface area contributed by atoms with E-state index in [2.05, 4.69) is 20.6 Å². The maximum atomic E-state index is 10.6. The van der Waals surface area contributed by atoms with Gasteiger partial charge in [-0.3, -0.25) is 0 Å². The number of nitrogens with zero attached hydrogens (tertiary/aromatic N) is 3. The van der Waals surface area contributed by atoms with Gasteiger partial charge >= 0.3 is 0 Å². The Labute approximate surface area is 194 Å². The molecule has 172 valence electrons. The van der Waals surface area contributed by atoms with Crippen LogP contribution in [0.25, 0.3) is 20.8 Å². The summed E-state index contributed by atoms with van der Waals surface area (Å²) in [6, 6.07) is 11.1. The molecule has 0 saturated heterocycles. The lowest BCUT2D eigenvalue weighted by molar-refractivity contribution is 0.00446. The Morgan fingerprint density at radius 3 is 2.67 bits per heavy atom. The topological polar surface area (TPSA) is 137 Å². The minimum atomic E-state index is -1.03. The Morgan fingerprint density at radius 1 is 1.09 bits per heavy atom. The Bertz CT molecular complexity index is 1210. The minimum absolute atomic E-state index is 0.195. The second-order valence-corrected chi connectivity index (χ2v) is 9.22. The molecule has 4 aromatic rings. The smallest absolute Gasteiger partial charge is 0.225 e. The molecule has 0 aliphatic heterocycles. The average Bonchev–Trinajstić information content (AvgIpc) is 3.53. The normalized spacial score (nSPS) is 22.7. The van der Waals surface area contributed by atoms with Crippen LogP contribution in [-0.4, -0.2) is 55.1 Å². The molecule has 3 heterocycles. The largest absolute Gasteiger partial charge is 0.467 e. The van der Waals surface area contributed by atoms with E-state index in [1.165, 1.54) is 0 Å². The van der Waals surface area contributed by atoms with Gasteiger partial charge in [0.1, 0.15) is 22.7 Å². The van der Waals surface area contributed by atoms with Crippen molar-refractivity contribution in [3.05, 3.63) is 54.1 Å². The monoisotopic (exact) mass is 467 g/mol. The van der Waals surface area contributed by atoms with E-state index in [1.54, 1.807) is 17.6 Å². The van der Waals surface area contributed by atoms with E-state index in [9.17, 15) is 15.3 Å². The van der Waals surface area contributed by atoms with E-state index in [0.717, 1.165) is 32.2 Å². The molecule has 10 heteroatoms. The van der Waals surface area contributed by atoms with Gasteiger partial charge in [0, 0.05) is 12.5 Å². The first-order valence-electron chi connectivity index (χ1n) is 10.8. The predicted molar refractivity (Wildman–Crippen MR) is 126 cm³/mol. The van der Waals surface area contributed by atoms with Gasteiger partial charge < -0.3 is 30.4 Å². The van der Waals surface area contributed by atoms with Gasteiger partial charge in [-0.2, -0.15) is 4.98 Å². The number of fused-ring (bicyclic) bond motifs is 1. The van der Waals surface area contributed by atoms with Crippen LogP contribution >= 0.6 is 11.3 Å². The molecule has 5 rings (SSSR count). The summed E-state index contributed by atoms with van der Waals surface area (Å²) in [7, 11) is 0. The van der Waals surface area contributed by atoms with Gasteiger partial charge in [-0.15, -0.1) is 11.3 Å². The number of benzene rings is 1. The lowest BCUT2D eigenvalue weighted by Crippen LogP contribution is -2.35. The summed E-state index contributed by atoms with van der Waals surface area (Å²) in [4.78, 5) is 14.1. The molecule has 3 aromatic heterocycles. The third-order valence-corrected chi connectivity index (χ3v) is 7.01. The first-order valence-corrected chi connectivity index (χ1v) is 11.6. The van der Waals surface area contributed by atoms with Crippen molar-refractivity contribution in [2.24, 2.45) is 5.92 Å². The van der Waals surface area contributed by atoms with Crippen LogP contribution in [0.2, 0.25) is 0 Å². The van der Waals surface area contributed by atoms with Crippen LogP contribution in [0.5, 0.6) is 0 Å². The van der Waals surface area contributed by atoms with Crippen molar-refractivity contribution in [2.75, 3.05) is 17.2 Å². The van der Waals surface area contributed by atoms with Gasteiger partial charge in [0.25, 0.3) is 0 Å². The molecule has 0 amide bonds. The third-order valence-electron chi connectivity index (χ3n) is 5.96. The highest BCUT2D eigenvalue weighted by Gasteiger charge is 2.41. The van der Waals surface area contributed by atoms with E-state index >= 15 is 0 Å². The highest BCUT2D eigenvalue weighted by Crippen LogP contribution is 2.38. The van der Waals surface area contributed by atoms with Crippen molar-refractivity contribution in [3.8, 4) is 10.6 Å². The molecule has 9 nitrogen and oxygen atoms in total. The fraction of sp³-hybridized carbons (Fsp3) is 0.348. The summed E-state index contributed by atoms with van der Waals surface area (Å²) in [6.45, 7) is 2.12. The molecule has 1 saturated carbocycles. The molecule has 0 spiro atoms. The number of aliphatic hydroxyl groups is 3. The van der Waals surface area contributed by atoms with E-state index in [1.807, 2.05) is 43.3 Å². The first kappa shape index (κ1) is 21.8. The Hall–Kier alpha value is -3.05. The number of para-hydroxylation sites is 1. The number of rotatable bonds is 7. The van der Waals surface area contributed by atoms with Gasteiger partial charge in [0.15, 0.2) is 0 Å². The summed E-state index contributed by atoms with van der Waals surface area (Å²) in [5, 5.41) is 37.6. The third kappa shape index (κ3) is 4.30. The zero-order valence-corrected chi connectivity index (χ0v) is 18.8. The molecule has 0 bridgehead atoms. The molecule has 33 heavy (non-hydrogen) atoms. The number of anilines is 2. The van der Waals surface area contributed by atoms with Crippen LogP contribution in [0, 0.1) is 12.8 Å². The standard InChI is InChI=1S/C23H25N5O4S/c1-12-18(22-27-15-6-2-3-7-17(15)33-22)21(26-16-9-13(11-29)19(30)20(16)31)28-23(25-12)24-10-14-5-4-8-32-14/h2-8,13,16,19-20,29-31H,9-11H2,1H3,(H2,24,25,26,28)/t13-,16-,19-,20+/m1/s1. The van der Waals surface area contributed by atoms with Crippen molar-refractivity contribution < 1.29 is 19.7 Å². The fourth-order valence-electron chi connectivity index (χ4n) is 4.20. The number of thiazole rings is 1. The van der Waals surface area contributed by atoms with Gasteiger partial charge in [0.2, 0.25) is 5.95 Å². The highest BCUT2D eigenvalue weighted by molar-refractivity contribution is 7.21. The number of aliphatic hydroxyl groups excluding tert-OH is 3. The number of aryl methyl sites for hydroxylation is 1. The van der Waals surface area contributed by atoms with Crippen LogP contribution in [-0.2, 0) is 6.54 Å². The van der Waals surface area contributed by atoms with Crippen LogP contribution in [0.15, 0.2) is 47.1 Å². The van der Waals surface area contributed by atoms with E-state index in [4.69, 9.17) is 9.40 Å². The summed E-state index contributed by atoms with van der Waals surface area (Å²) < 4.78 is 6.42. The number of furan rings is 1. The minimum Gasteiger partial charge on any atom is -0.467 e. The SMILES string of the molecule is Cc1nc(NCc2ccco2)nc(N[C@@H]2C[C@H](CO)[C@@H](O)[C@H]2O)c1-c1nc2ccccc2s1. The Kier molecular flexibility index (Phi) is 5.98. The van der Waals surface area contributed by atoms with Gasteiger partial charge in [0.05, 0.1) is 46.4 Å². The van der Waals surface area contributed by atoms with Crippen LogP contribution < -0.4 is 10.6 Å². The molecule has 1 aliphatic rings. The van der Waals surface area contributed by atoms with Crippen molar-refractivity contribution in [2.45, 2.75) is 38.1 Å². The summed E-state index contributed by atoms with van der Waals surface area (Å²) in [5.74, 6) is 1.27. The molecule has 5 N–H and O–H groups in total. The first-order chi connectivity index (χ1) is 16.0. The molecular weight excluding hydrogens is 442 g/mol. The molecule has 1 aromatic carbocycles. The van der Waals surface area contributed by atoms with Crippen molar-refractivity contribution >= 4 is 33.3 Å². The molecule has 1 aliphatic carbocycles. The second-order valence-electron chi connectivity index (χ2n) is 8.19. The molecule has 0 radical (unpaired) electrons. The Morgan fingerprint density at radius 2 is 1.94 bits per heavy atom. The fourth-order valence-corrected chi connectivity index (χ4v) is 5.26. The average molecular weight is 468 g/mol. The summed E-state index contributed by atoms with van der Waals surface area (Å²) in [5.41, 5.74) is 2.36. The van der Waals surface area contributed by atoms with Crippen LogP contribution in [0.1, 0.15) is 17.9 Å². The molecular formula is C23H25N5O4S. The molecule has 0 unspecified atom stereocenters. The van der Waals surface area contributed by atoms with E-state index < -0.39 is 24.2 Å². The quantitative estimate of drug-likeness (QED) is 0.278. The van der Waals surface area contributed by atoms with Crippen molar-refractivity contribution in [1.82, 2.24) is 15.0 Å². The molecule has 4 atom stereocenters. The highest BCUT2D eigenvalue weighted by atomic mass is 32.1. The molecule has 1 fully saturated rings. The lowest BCUT2D eigenvalue weighted by Gasteiger charge is -2.21. The zero-order chi connectivity index (χ0) is 22.9. The number of nitrogens with one attached hydrogen (secondary N) is 2. The lowest BCUT2D eigenvalue weighted by atomic mass is 10.1. The maximum Gasteiger partial charge on any atom is 0.225 e. The van der Waals surface area contributed by atoms with Gasteiger partial charge in [-0.05, 0) is 37.6 Å². The summed E-state index contributed by atoms with van der Waals surface area (Å²) >= 11 is 1.54. The number of aromatic nitrogens is 3. The van der Waals surface area contributed by atoms with Crippen molar-refractivity contribution in [1.29, 1.82) is 0 Å². The Balaban J connectivity index is 1.52. The predicted octanol–water partition coefficient (Wildman–Crippen LogP) is 2.78. The van der Waals surface area contributed by atoms with Crippen molar-refractivity contribution in [3.63, 3.8) is 0 Å². The summed E-state index contributed by atoms with van der Waals surface area (Å²) in [6.07, 6.45) is -0.00873. The van der Waals surface area contributed by atoms with Crippen LogP contribution in [0.4, 0.5) is 11.8 Å². The number of hydrogen-bond donors (Lipinski definition) is 5. The maximum absolute atomic E-state index is 10.6. The van der Waals surface area contributed by atoms with Gasteiger partial charge in [-0.25, -0.2) is 9.97 Å². The van der Waals surface area contributed by atoms with E-state index in [0.29, 0.717) is 24.7 Å². The van der Waals surface area contributed by atoms with Crippen LogP contribution in [0.3, 0.4) is 0 Å².